The number of ketones is 1. The van der Waals surface area contributed by atoms with E-state index in [9.17, 15) is 14.0 Å². The first-order valence-corrected chi connectivity index (χ1v) is 11.4. The van der Waals surface area contributed by atoms with E-state index >= 15 is 0 Å². The van der Waals surface area contributed by atoms with E-state index in [0.717, 1.165) is 18.4 Å². The molecular formula is C23H26FN5O3S. The maximum absolute atomic E-state index is 14.0. The van der Waals surface area contributed by atoms with Crippen LogP contribution in [0, 0.1) is 11.7 Å². The molecule has 1 aromatic carbocycles. The van der Waals surface area contributed by atoms with Crippen molar-refractivity contribution < 1.29 is 18.7 Å². The second-order valence-electron chi connectivity index (χ2n) is 8.39. The van der Waals surface area contributed by atoms with Gasteiger partial charge in [-0.2, -0.15) is 0 Å². The molecule has 0 spiro atoms. The molecule has 33 heavy (non-hydrogen) atoms. The number of halogens is 1. The summed E-state index contributed by atoms with van der Waals surface area (Å²) in [6.07, 6.45) is 6.04. The Morgan fingerprint density at radius 3 is 2.94 bits per heavy atom. The Morgan fingerprint density at radius 1 is 1.39 bits per heavy atom. The van der Waals surface area contributed by atoms with Crippen LogP contribution in [0.2, 0.25) is 0 Å². The molecule has 2 heterocycles. The molecule has 174 valence electrons. The molecule has 0 unspecified atom stereocenters. The highest BCUT2D eigenvalue weighted by molar-refractivity contribution is 7.80. The van der Waals surface area contributed by atoms with E-state index in [2.05, 4.69) is 20.6 Å². The number of carbonyl (C=O) groups excluding carboxylic acids is 2. The molecule has 1 aromatic heterocycles. The molecule has 8 nitrogen and oxygen atoms in total. The highest BCUT2D eigenvalue weighted by Crippen LogP contribution is 2.31. The monoisotopic (exact) mass is 471 g/mol. The van der Waals surface area contributed by atoms with E-state index < -0.39 is 0 Å². The molecule has 2 fully saturated rings. The largest absolute Gasteiger partial charge is 0.490 e. The van der Waals surface area contributed by atoms with Crippen molar-refractivity contribution in [2.45, 2.75) is 38.6 Å². The van der Waals surface area contributed by atoms with Gasteiger partial charge in [0.05, 0.1) is 31.6 Å². The van der Waals surface area contributed by atoms with Crippen molar-refractivity contribution in [1.82, 2.24) is 20.6 Å². The lowest BCUT2D eigenvalue weighted by molar-refractivity contribution is -0.118. The van der Waals surface area contributed by atoms with Gasteiger partial charge in [-0.1, -0.05) is 18.3 Å². The van der Waals surface area contributed by atoms with E-state index in [-0.39, 0.29) is 48.9 Å². The van der Waals surface area contributed by atoms with E-state index in [1.807, 2.05) is 6.92 Å². The quantitative estimate of drug-likeness (QED) is 0.486. The lowest BCUT2D eigenvalue weighted by Gasteiger charge is -2.16. The zero-order valence-corrected chi connectivity index (χ0v) is 19.2. The fourth-order valence-corrected chi connectivity index (χ4v) is 3.62. The van der Waals surface area contributed by atoms with E-state index in [1.54, 1.807) is 18.3 Å². The normalized spacial score (nSPS) is 16.6. The SMILES string of the molecule is C[C@@H](NCC(=O)CCc1cncc(N2CC(=S)NC2=O)n1)c1ccc(F)c(OCC2CC2)c1. The molecular weight excluding hydrogens is 445 g/mol. The third-order valence-electron chi connectivity index (χ3n) is 5.63. The minimum Gasteiger partial charge on any atom is -0.490 e. The van der Waals surface area contributed by atoms with E-state index in [1.165, 1.54) is 17.2 Å². The van der Waals surface area contributed by atoms with Crippen molar-refractivity contribution >= 4 is 34.8 Å². The molecule has 1 aliphatic heterocycles. The summed E-state index contributed by atoms with van der Waals surface area (Å²) in [6.45, 7) is 2.90. The number of amides is 2. The van der Waals surface area contributed by atoms with Crippen molar-refractivity contribution in [3.63, 3.8) is 0 Å². The molecule has 4 rings (SSSR count). The molecule has 10 heteroatoms. The average Bonchev–Trinajstić information content (AvgIpc) is 3.57. The number of anilines is 1. The first kappa shape index (κ1) is 23.2. The predicted molar refractivity (Wildman–Crippen MR) is 125 cm³/mol. The number of carbonyl (C=O) groups is 2. The van der Waals surface area contributed by atoms with Gasteiger partial charge in [-0.25, -0.2) is 14.2 Å². The van der Waals surface area contributed by atoms with Crippen LogP contribution < -0.4 is 20.3 Å². The first-order chi connectivity index (χ1) is 15.9. The van der Waals surface area contributed by atoms with Gasteiger partial charge in [-0.15, -0.1) is 0 Å². The maximum atomic E-state index is 14.0. The minimum atomic E-state index is -0.376. The van der Waals surface area contributed by atoms with Crippen LogP contribution in [0.15, 0.2) is 30.6 Å². The van der Waals surface area contributed by atoms with E-state index in [4.69, 9.17) is 17.0 Å². The Labute approximate surface area is 196 Å². The number of hydrogen-bond acceptors (Lipinski definition) is 7. The van der Waals surface area contributed by atoms with Crippen LogP contribution in [0.4, 0.5) is 15.0 Å². The van der Waals surface area contributed by atoms with Gasteiger partial charge in [0, 0.05) is 18.7 Å². The van der Waals surface area contributed by atoms with Crippen LogP contribution in [0.5, 0.6) is 5.75 Å². The van der Waals surface area contributed by atoms with Gasteiger partial charge < -0.3 is 15.4 Å². The summed E-state index contributed by atoms with van der Waals surface area (Å²) in [5.41, 5.74) is 1.48. The Morgan fingerprint density at radius 2 is 2.21 bits per heavy atom. The third-order valence-corrected chi connectivity index (χ3v) is 5.86. The maximum Gasteiger partial charge on any atom is 0.328 e. The first-order valence-electron chi connectivity index (χ1n) is 11.0. The van der Waals surface area contributed by atoms with Crippen molar-refractivity contribution in [1.29, 1.82) is 0 Å². The molecule has 1 saturated heterocycles. The molecule has 2 aromatic rings. The Kier molecular flexibility index (Phi) is 7.24. The molecule has 2 N–H and O–H groups in total. The van der Waals surface area contributed by atoms with Crippen molar-refractivity contribution in [3.8, 4) is 5.75 Å². The van der Waals surface area contributed by atoms with Gasteiger partial charge in [0.25, 0.3) is 0 Å². The number of Topliss-reactive ketones (excluding diaryl/α,β-unsaturated/α-hetero) is 1. The standard InChI is InChI=1S/C23H26FN5O3S/c1-14(16-4-7-19(24)20(8-16)32-13-15-2-3-15)26-10-18(30)6-5-17-9-25-11-21(27-17)29-12-22(33)28-23(29)31/h4,7-9,11,14-15,26H,2-3,5-6,10,12-13H2,1H3,(H,28,31,33)/t14-/m1/s1. The Bertz CT molecular complexity index is 1060. The smallest absolute Gasteiger partial charge is 0.328 e. The van der Waals surface area contributed by atoms with Crippen LogP contribution in [0.1, 0.15) is 43.5 Å². The summed E-state index contributed by atoms with van der Waals surface area (Å²) in [4.78, 5) is 34.7. The summed E-state index contributed by atoms with van der Waals surface area (Å²) in [7, 11) is 0. The second kappa shape index (κ2) is 10.3. The van der Waals surface area contributed by atoms with Gasteiger partial charge in [0.2, 0.25) is 0 Å². The number of nitrogens with one attached hydrogen (secondary N) is 2. The number of hydrogen-bond donors (Lipinski definition) is 2. The molecule has 0 radical (unpaired) electrons. The molecule has 0 bridgehead atoms. The number of aryl methyl sites for hydroxylation is 1. The molecule has 2 amide bonds. The summed E-state index contributed by atoms with van der Waals surface area (Å²) in [5.74, 6) is 0.836. The number of urea groups is 1. The highest BCUT2D eigenvalue weighted by atomic mass is 32.1. The summed E-state index contributed by atoms with van der Waals surface area (Å²) in [6, 6.07) is 4.32. The lowest BCUT2D eigenvalue weighted by atomic mass is 10.1. The number of nitrogens with zero attached hydrogens (tertiary/aromatic N) is 3. The Hall–Kier alpha value is -2.98. The van der Waals surface area contributed by atoms with Crippen LogP contribution in [0.25, 0.3) is 0 Å². The fourth-order valence-electron chi connectivity index (χ4n) is 3.40. The van der Waals surface area contributed by atoms with Crippen molar-refractivity contribution in [3.05, 3.63) is 47.7 Å². The van der Waals surface area contributed by atoms with Crippen LogP contribution in [-0.2, 0) is 11.2 Å². The summed E-state index contributed by atoms with van der Waals surface area (Å²) >= 11 is 5.02. The molecule has 1 saturated carbocycles. The van der Waals surface area contributed by atoms with Gasteiger partial charge in [-0.3, -0.25) is 14.7 Å². The van der Waals surface area contributed by atoms with Gasteiger partial charge >= 0.3 is 6.03 Å². The lowest BCUT2D eigenvalue weighted by Crippen LogP contribution is -2.29. The average molecular weight is 472 g/mol. The number of ether oxygens (including phenoxy) is 1. The second-order valence-corrected chi connectivity index (χ2v) is 8.89. The van der Waals surface area contributed by atoms with Gasteiger partial charge in [0.15, 0.2) is 17.4 Å². The predicted octanol–water partition coefficient (Wildman–Crippen LogP) is 3.11. The minimum absolute atomic E-state index is 0.0152. The molecule has 1 aliphatic carbocycles. The number of rotatable bonds is 11. The van der Waals surface area contributed by atoms with Crippen LogP contribution in [0.3, 0.4) is 0 Å². The third kappa shape index (κ3) is 6.29. The van der Waals surface area contributed by atoms with Crippen molar-refractivity contribution in [2.75, 3.05) is 24.6 Å². The van der Waals surface area contributed by atoms with Gasteiger partial charge in [0.1, 0.15) is 10.8 Å². The molecule has 2 aliphatic rings. The Balaban J connectivity index is 1.26. The zero-order chi connectivity index (χ0) is 23.4. The highest BCUT2D eigenvalue weighted by Gasteiger charge is 2.27. The summed E-state index contributed by atoms with van der Waals surface area (Å²) in [5, 5.41) is 5.74. The summed E-state index contributed by atoms with van der Waals surface area (Å²) < 4.78 is 19.6. The molecule has 1 atom stereocenters. The number of benzene rings is 1. The van der Waals surface area contributed by atoms with Gasteiger partial charge in [-0.05, 0) is 49.8 Å². The van der Waals surface area contributed by atoms with Crippen LogP contribution in [-0.4, -0.2) is 46.5 Å². The van der Waals surface area contributed by atoms with E-state index in [0.29, 0.717) is 35.4 Å². The fraction of sp³-hybridized carbons (Fsp3) is 0.435. The van der Waals surface area contributed by atoms with Crippen LogP contribution >= 0.6 is 12.2 Å². The number of aromatic nitrogens is 2. The topological polar surface area (TPSA) is 96.5 Å². The zero-order valence-electron chi connectivity index (χ0n) is 18.3. The number of thiocarbonyl (C=S) groups is 1. The van der Waals surface area contributed by atoms with Crippen molar-refractivity contribution in [2.24, 2.45) is 5.92 Å².